The first kappa shape index (κ1) is 32.6. The van der Waals surface area contributed by atoms with E-state index < -0.39 is 67.5 Å². The molecular formula is C23H31FN11O9PS. The number of nitrogen functional groups attached to an aromatic ring is 2. The Kier molecular flexibility index (Phi) is 8.54. The van der Waals surface area contributed by atoms with Gasteiger partial charge in [-0.15, -0.1) is 5.10 Å². The fraction of sp³-hybridized carbons (Fsp3) is 0.609. The Balaban J connectivity index is 1.25. The molecule has 2 aliphatic heterocycles. The number of aliphatic hydroxyl groups excluding tert-OH is 2. The number of nitrogens with zero attached hydrogens (tertiary/aromatic N) is 8. The average molecular weight is 688 g/mol. The minimum Gasteiger partial charge on any atom is -0.396 e. The summed E-state index contributed by atoms with van der Waals surface area (Å²) in [4.78, 5) is 42.2. The Morgan fingerprint density at radius 3 is 2.78 bits per heavy atom. The highest BCUT2D eigenvalue weighted by Crippen LogP contribution is 2.54. The molecule has 0 amide bonds. The molecule has 2 fully saturated rings. The van der Waals surface area contributed by atoms with Gasteiger partial charge >= 0.3 is 6.72 Å². The van der Waals surface area contributed by atoms with Gasteiger partial charge in [0, 0.05) is 13.7 Å². The van der Waals surface area contributed by atoms with Crippen LogP contribution in [0.2, 0.25) is 0 Å². The lowest BCUT2D eigenvalue weighted by Gasteiger charge is -2.33. The number of hydrogen-bond donors (Lipinski definition) is 6. The number of methoxy groups -OCH3 is 1. The first-order valence-corrected chi connectivity index (χ1v) is 16.4. The van der Waals surface area contributed by atoms with Gasteiger partial charge in [-0.25, -0.2) is 19.3 Å². The second-order valence-electron chi connectivity index (χ2n) is 11.0. The number of H-pyrrole nitrogens is 1. The van der Waals surface area contributed by atoms with Gasteiger partial charge in [0.05, 0.1) is 19.5 Å². The third-order valence-electron chi connectivity index (χ3n) is 7.91. The molecule has 46 heavy (non-hydrogen) atoms. The molecule has 0 aromatic carbocycles. The molecule has 0 spiro atoms. The maximum absolute atomic E-state index is 16.4. The number of halogens is 1. The molecule has 0 radical (unpaired) electrons. The number of alkyl halides is 1. The Bertz CT molecular complexity index is 1860. The van der Waals surface area contributed by atoms with E-state index in [4.69, 9.17) is 46.5 Å². The number of aromatic nitrogens is 9. The minimum atomic E-state index is -4.36. The molecule has 4 aromatic heterocycles. The van der Waals surface area contributed by atoms with Crippen molar-refractivity contribution in [1.82, 2.24) is 44.5 Å². The standard InChI is InChI=1S/C23H31FN11O9PS/c1-22(13(37)12(40-2)19(43-22)34-9-29-10-15(25)27-8-28-16(10)34)6-42-45(39,46)44-14-20(41-7-23(14,24)4-3-5-36)35-17-11(32-33-35)18(38)31-21(26)30-17/h8-9,12-14,19-20,36-37H,3-7H2,1-2H3,(H,39,46)(H2,25,27,28)(H3,26,30,31,38)/t12-,13+,14+,19-,20-,22?,23-,45?/m1/s1. The number of rotatable bonds is 11. The molecule has 8 N–H and O–H groups in total. The lowest BCUT2D eigenvalue weighted by molar-refractivity contribution is -0.115. The molecule has 6 rings (SSSR count). The molecule has 23 heteroatoms. The van der Waals surface area contributed by atoms with Crippen molar-refractivity contribution >= 4 is 52.6 Å². The summed E-state index contributed by atoms with van der Waals surface area (Å²) in [7, 11) is 1.37. The van der Waals surface area contributed by atoms with Crippen LogP contribution in [0.25, 0.3) is 22.3 Å². The van der Waals surface area contributed by atoms with E-state index in [2.05, 4.69) is 35.2 Å². The number of ether oxygens (including phenoxy) is 3. The lowest BCUT2D eigenvalue weighted by atomic mass is 9.95. The summed E-state index contributed by atoms with van der Waals surface area (Å²) < 4.78 is 47.7. The first-order valence-electron chi connectivity index (χ1n) is 13.8. The van der Waals surface area contributed by atoms with Crippen molar-refractivity contribution in [2.45, 2.75) is 61.8 Å². The average Bonchev–Trinajstić information content (AvgIpc) is 3.76. The molecule has 0 bridgehead atoms. The van der Waals surface area contributed by atoms with Crippen molar-refractivity contribution < 1.29 is 42.8 Å². The minimum absolute atomic E-state index is 0.0158. The number of hydrogen-bond acceptors (Lipinski definition) is 17. The van der Waals surface area contributed by atoms with Crippen molar-refractivity contribution in [3.63, 3.8) is 0 Å². The summed E-state index contributed by atoms with van der Waals surface area (Å²) in [6.07, 6.45) is -3.97. The SMILES string of the molecule is CO[C@H]1[C@H](n2cnc3c(N)ncnc32)OC(C)(COP(O)(=S)O[C@H]2[C@H](n3nnc4c(=O)[nH]c(N)nc43)OC[C@]2(F)CCCO)[C@H]1O. The largest absolute Gasteiger partial charge is 0.396 e. The van der Waals surface area contributed by atoms with Crippen molar-refractivity contribution in [2.75, 3.05) is 38.4 Å². The van der Waals surface area contributed by atoms with E-state index in [0.29, 0.717) is 11.2 Å². The maximum Gasteiger partial charge on any atom is 0.325 e. The van der Waals surface area contributed by atoms with Gasteiger partial charge in [0.15, 0.2) is 40.8 Å². The second kappa shape index (κ2) is 12.0. The van der Waals surface area contributed by atoms with Crippen LogP contribution in [0.5, 0.6) is 0 Å². The summed E-state index contributed by atoms with van der Waals surface area (Å²) in [6, 6.07) is 0. The van der Waals surface area contributed by atoms with Crippen LogP contribution in [0, 0.1) is 0 Å². The van der Waals surface area contributed by atoms with E-state index in [-0.39, 0.29) is 42.4 Å². The van der Waals surface area contributed by atoms with E-state index >= 15 is 4.39 Å². The van der Waals surface area contributed by atoms with Crippen LogP contribution in [-0.4, -0.2) is 116 Å². The van der Waals surface area contributed by atoms with Gasteiger partial charge in [0.25, 0.3) is 5.56 Å². The zero-order valence-electron chi connectivity index (χ0n) is 24.3. The molecule has 2 aliphatic rings. The summed E-state index contributed by atoms with van der Waals surface area (Å²) in [5.74, 6) is -0.114. The highest BCUT2D eigenvalue weighted by atomic mass is 32.5. The molecule has 250 valence electrons. The highest BCUT2D eigenvalue weighted by molar-refractivity contribution is 8.07. The Hall–Kier alpha value is -3.31. The fourth-order valence-electron chi connectivity index (χ4n) is 5.55. The van der Waals surface area contributed by atoms with E-state index in [1.165, 1.54) is 31.3 Å². The number of aliphatic hydroxyl groups is 2. The first-order chi connectivity index (χ1) is 21.8. The number of nitrogens with two attached hydrogens (primary N) is 2. The second-order valence-corrected chi connectivity index (χ2v) is 13.8. The van der Waals surface area contributed by atoms with Crippen LogP contribution in [0.4, 0.5) is 16.2 Å². The Morgan fingerprint density at radius 2 is 2.04 bits per heavy atom. The van der Waals surface area contributed by atoms with Gasteiger partial charge in [-0.3, -0.25) is 18.9 Å². The van der Waals surface area contributed by atoms with Gasteiger partial charge in [-0.05, 0) is 31.6 Å². The smallest absolute Gasteiger partial charge is 0.325 e. The van der Waals surface area contributed by atoms with Crippen LogP contribution in [0.15, 0.2) is 17.4 Å². The van der Waals surface area contributed by atoms with Crippen LogP contribution in [0.3, 0.4) is 0 Å². The molecule has 8 atom stereocenters. The maximum atomic E-state index is 16.4. The van der Waals surface area contributed by atoms with Crippen LogP contribution >= 0.6 is 6.72 Å². The Labute approximate surface area is 263 Å². The number of aromatic amines is 1. The Morgan fingerprint density at radius 1 is 1.26 bits per heavy atom. The zero-order chi connectivity index (χ0) is 33.0. The zero-order valence-corrected chi connectivity index (χ0v) is 26.0. The third kappa shape index (κ3) is 5.63. The molecule has 0 aliphatic carbocycles. The predicted octanol–water partition coefficient (Wildman–Crippen LogP) is -1.19. The quantitative estimate of drug-likeness (QED) is 0.101. The normalized spacial score (nSPS) is 31.2. The van der Waals surface area contributed by atoms with Crippen LogP contribution in [-0.2, 0) is 35.1 Å². The predicted molar refractivity (Wildman–Crippen MR) is 158 cm³/mol. The molecule has 2 saturated heterocycles. The number of nitrogens with one attached hydrogen (secondary N) is 1. The third-order valence-corrected chi connectivity index (χ3v) is 9.43. The number of imidazole rings is 1. The topological polar surface area (TPSA) is 279 Å². The highest BCUT2D eigenvalue weighted by Gasteiger charge is 2.57. The van der Waals surface area contributed by atoms with Crippen molar-refractivity contribution in [3.8, 4) is 0 Å². The van der Waals surface area contributed by atoms with Crippen LogP contribution in [0.1, 0.15) is 32.2 Å². The lowest BCUT2D eigenvalue weighted by Crippen LogP contribution is -2.45. The molecule has 0 saturated carbocycles. The number of anilines is 2. The molecule has 4 aromatic rings. The van der Waals surface area contributed by atoms with Gasteiger partial charge < -0.3 is 45.3 Å². The van der Waals surface area contributed by atoms with Crippen molar-refractivity contribution in [3.05, 3.63) is 23.0 Å². The summed E-state index contributed by atoms with van der Waals surface area (Å²) >= 11 is 5.28. The number of fused-ring (bicyclic) bond motifs is 2. The van der Waals surface area contributed by atoms with Crippen molar-refractivity contribution in [2.24, 2.45) is 0 Å². The van der Waals surface area contributed by atoms with E-state index in [1.807, 2.05) is 0 Å². The van der Waals surface area contributed by atoms with Gasteiger partial charge in [-0.1, -0.05) is 5.21 Å². The monoisotopic (exact) mass is 687 g/mol. The molecular weight excluding hydrogens is 656 g/mol. The van der Waals surface area contributed by atoms with E-state index in [9.17, 15) is 19.9 Å². The molecule has 6 heterocycles. The van der Waals surface area contributed by atoms with Gasteiger partial charge in [0.1, 0.15) is 35.8 Å². The fourth-order valence-corrected chi connectivity index (χ4v) is 7.04. The van der Waals surface area contributed by atoms with E-state index in [0.717, 1.165) is 4.68 Å². The summed E-state index contributed by atoms with van der Waals surface area (Å²) in [5, 5.41) is 28.3. The summed E-state index contributed by atoms with van der Waals surface area (Å²) in [5.41, 5.74) is 7.34. The molecule has 20 nitrogen and oxygen atoms in total. The van der Waals surface area contributed by atoms with E-state index in [1.54, 1.807) is 0 Å². The summed E-state index contributed by atoms with van der Waals surface area (Å²) in [6.45, 7) is -4.29. The van der Waals surface area contributed by atoms with Crippen molar-refractivity contribution in [1.29, 1.82) is 0 Å². The van der Waals surface area contributed by atoms with Gasteiger partial charge in [0.2, 0.25) is 5.95 Å². The van der Waals surface area contributed by atoms with Gasteiger partial charge in [-0.2, -0.15) is 9.67 Å². The van der Waals surface area contributed by atoms with Crippen LogP contribution < -0.4 is 17.0 Å². The molecule has 2 unspecified atom stereocenters.